The van der Waals surface area contributed by atoms with Gasteiger partial charge in [0.15, 0.2) is 11.1 Å². The van der Waals surface area contributed by atoms with Gasteiger partial charge >= 0.3 is 0 Å². The molecule has 1 atom stereocenters. The van der Waals surface area contributed by atoms with Gasteiger partial charge in [0.25, 0.3) is 0 Å². The van der Waals surface area contributed by atoms with Crippen molar-refractivity contribution in [3.05, 3.63) is 24.3 Å². The van der Waals surface area contributed by atoms with Crippen molar-refractivity contribution in [1.29, 1.82) is 0 Å². The minimum Gasteiger partial charge on any atom is -0.384 e. The zero-order valence-corrected chi connectivity index (χ0v) is 11.2. The van der Waals surface area contributed by atoms with Gasteiger partial charge in [-0.2, -0.15) is 0 Å². The van der Waals surface area contributed by atoms with Crippen LogP contribution in [0.15, 0.2) is 29.2 Å². The quantitative estimate of drug-likeness (QED) is 0.733. The Hall–Kier alpha value is -0.910. The SMILES string of the molecule is CCN(CC)CCNc1ccc(S(=O)O)cc1. The van der Waals surface area contributed by atoms with E-state index in [2.05, 4.69) is 24.1 Å². The van der Waals surface area contributed by atoms with Gasteiger partial charge < -0.3 is 14.8 Å². The number of nitrogens with zero attached hydrogens (tertiary/aromatic N) is 1. The zero-order valence-electron chi connectivity index (χ0n) is 10.3. The third-order valence-corrected chi connectivity index (χ3v) is 3.38. The van der Waals surface area contributed by atoms with Crippen LogP contribution < -0.4 is 5.32 Å². The number of benzene rings is 1. The van der Waals surface area contributed by atoms with E-state index in [0.717, 1.165) is 31.9 Å². The molecule has 0 radical (unpaired) electrons. The third kappa shape index (κ3) is 4.85. The molecular formula is C12H20N2O2S. The van der Waals surface area contributed by atoms with Gasteiger partial charge in [-0.05, 0) is 37.4 Å². The highest BCUT2D eigenvalue weighted by molar-refractivity contribution is 7.79. The maximum Gasteiger partial charge on any atom is 0.186 e. The first-order valence-electron chi connectivity index (χ1n) is 5.84. The van der Waals surface area contributed by atoms with E-state index in [4.69, 9.17) is 4.55 Å². The Morgan fingerprint density at radius 2 is 1.82 bits per heavy atom. The molecule has 0 saturated carbocycles. The molecule has 1 rings (SSSR count). The van der Waals surface area contributed by atoms with E-state index in [9.17, 15) is 4.21 Å². The van der Waals surface area contributed by atoms with Crippen molar-refractivity contribution in [3.8, 4) is 0 Å². The summed E-state index contributed by atoms with van der Waals surface area (Å²) in [4.78, 5) is 2.77. The fourth-order valence-corrected chi connectivity index (χ4v) is 1.96. The Bertz CT molecular complexity index is 350. The number of hydrogen-bond donors (Lipinski definition) is 2. The predicted molar refractivity (Wildman–Crippen MR) is 71.8 cm³/mol. The number of likely N-dealkylation sites (N-methyl/N-ethyl adjacent to an activating group) is 1. The molecular weight excluding hydrogens is 236 g/mol. The van der Waals surface area contributed by atoms with Gasteiger partial charge in [0.2, 0.25) is 0 Å². The fraction of sp³-hybridized carbons (Fsp3) is 0.500. The van der Waals surface area contributed by atoms with Gasteiger partial charge in [-0.1, -0.05) is 13.8 Å². The first-order chi connectivity index (χ1) is 8.17. The molecule has 0 aliphatic carbocycles. The maximum absolute atomic E-state index is 10.8. The Balaban J connectivity index is 2.39. The molecule has 0 spiro atoms. The number of hydrogen-bond acceptors (Lipinski definition) is 3. The smallest absolute Gasteiger partial charge is 0.186 e. The van der Waals surface area contributed by atoms with Crippen LogP contribution in [0, 0.1) is 0 Å². The summed E-state index contributed by atoms with van der Waals surface area (Å²) >= 11 is -1.89. The first-order valence-corrected chi connectivity index (χ1v) is 6.95. The maximum atomic E-state index is 10.8. The van der Waals surface area contributed by atoms with Crippen LogP contribution in [0.1, 0.15) is 13.8 Å². The number of anilines is 1. The van der Waals surface area contributed by atoms with Gasteiger partial charge in [-0.25, -0.2) is 4.21 Å². The third-order valence-electron chi connectivity index (χ3n) is 2.71. The molecule has 96 valence electrons. The zero-order chi connectivity index (χ0) is 12.7. The van der Waals surface area contributed by atoms with Gasteiger partial charge in [0.05, 0.1) is 4.90 Å². The molecule has 2 N–H and O–H groups in total. The lowest BCUT2D eigenvalue weighted by molar-refractivity contribution is 0.316. The van der Waals surface area contributed by atoms with Crippen molar-refractivity contribution in [2.75, 3.05) is 31.5 Å². The number of rotatable bonds is 7. The molecule has 0 amide bonds. The number of nitrogens with one attached hydrogen (secondary N) is 1. The van der Waals surface area contributed by atoms with Crippen molar-refractivity contribution in [2.24, 2.45) is 0 Å². The highest BCUT2D eigenvalue weighted by atomic mass is 32.2. The lowest BCUT2D eigenvalue weighted by Gasteiger charge is -2.18. The van der Waals surface area contributed by atoms with Crippen LogP contribution in [0.3, 0.4) is 0 Å². The molecule has 1 unspecified atom stereocenters. The van der Waals surface area contributed by atoms with Crippen LogP contribution in [0.4, 0.5) is 5.69 Å². The standard InChI is InChI=1S/C12H20N2O2S/c1-3-14(4-2)10-9-13-11-5-7-12(8-6-11)17(15)16/h5-8,13H,3-4,9-10H2,1-2H3,(H,15,16). The summed E-state index contributed by atoms with van der Waals surface area (Å²) in [7, 11) is 0. The van der Waals surface area contributed by atoms with Gasteiger partial charge in [-0.3, -0.25) is 0 Å². The minimum atomic E-state index is -1.89. The van der Waals surface area contributed by atoms with E-state index < -0.39 is 11.1 Å². The monoisotopic (exact) mass is 256 g/mol. The van der Waals surface area contributed by atoms with E-state index in [1.54, 1.807) is 12.1 Å². The first kappa shape index (κ1) is 14.2. The van der Waals surface area contributed by atoms with Crippen LogP contribution in [0.2, 0.25) is 0 Å². The molecule has 4 nitrogen and oxygen atoms in total. The highest BCUT2D eigenvalue weighted by Gasteiger charge is 2.00. The second kappa shape index (κ2) is 7.42. The molecule has 0 bridgehead atoms. The minimum absolute atomic E-state index is 0.430. The summed E-state index contributed by atoms with van der Waals surface area (Å²) in [5.41, 5.74) is 0.978. The summed E-state index contributed by atoms with van der Waals surface area (Å²) in [5.74, 6) is 0. The summed E-state index contributed by atoms with van der Waals surface area (Å²) in [6.07, 6.45) is 0. The van der Waals surface area contributed by atoms with E-state index >= 15 is 0 Å². The lowest BCUT2D eigenvalue weighted by Crippen LogP contribution is -2.28. The normalized spacial score (nSPS) is 12.7. The van der Waals surface area contributed by atoms with E-state index in [-0.39, 0.29) is 0 Å². The molecule has 1 aromatic carbocycles. The summed E-state index contributed by atoms with van der Waals surface area (Å²) in [6.45, 7) is 8.29. The molecule has 17 heavy (non-hydrogen) atoms. The molecule has 1 aromatic rings. The largest absolute Gasteiger partial charge is 0.384 e. The fourth-order valence-electron chi connectivity index (χ4n) is 1.59. The average Bonchev–Trinajstić information content (AvgIpc) is 2.35. The lowest BCUT2D eigenvalue weighted by atomic mass is 10.3. The second-order valence-electron chi connectivity index (χ2n) is 3.73. The van der Waals surface area contributed by atoms with Gasteiger partial charge in [-0.15, -0.1) is 0 Å². The Labute approximate surface area is 105 Å². The molecule has 5 heteroatoms. The van der Waals surface area contributed by atoms with Crippen molar-refractivity contribution in [3.63, 3.8) is 0 Å². The predicted octanol–water partition coefficient (Wildman–Crippen LogP) is 2.02. The van der Waals surface area contributed by atoms with E-state index in [0.29, 0.717) is 4.90 Å². The molecule has 0 aliphatic rings. The highest BCUT2D eigenvalue weighted by Crippen LogP contribution is 2.11. The van der Waals surface area contributed by atoms with Gasteiger partial charge in [0, 0.05) is 18.8 Å². The van der Waals surface area contributed by atoms with Crippen LogP contribution >= 0.6 is 0 Å². The van der Waals surface area contributed by atoms with Crippen molar-refractivity contribution in [2.45, 2.75) is 18.7 Å². The second-order valence-corrected chi connectivity index (χ2v) is 4.70. The van der Waals surface area contributed by atoms with Crippen molar-refractivity contribution < 1.29 is 8.76 Å². The van der Waals surface area contributed by atoms with E-state index in [1.807, 2.05) is 12.1 Å². The Kier molecular flexibility index (Phi) is 6.18. The van der Waals surface area contributed by atoms with Crippen LogP contribution in [-0.2, 0) is 11.1 Å². The molecule has 0 aromatic heterocycles. The van der Waals surface area contributed by atoms with Crippen LogP contribution in [-0.4, -0.2) is 39.8 Å². The Morgan fingerprint density at radius 3 is 2.29 bits per heavy atom. The van der Waals surface area contributed by atoms with Crippen LogP contribution in [0.5, 0.6) is 0 Å². The van der Waals surface area contributed by atoms with Crippen molar-refractivity contribution in [1.82, 2.24) is 4.90 Å². The molecule has 0 saturated heterocycles. The molecule has 0 aliphatic heterocycles. The summed E-state index contributed by atoms with van der Waals surface area (Å²) < 4.78 is 19.6. The van der Waals surface area contributed by atoms with Crippen molar-refractivity contribution >= 4 is 16.8 Å². The molecule has 0 heterocycles. The topological polar surface area (TPSA) is 52.6 Å². The van der Waals surface area contributed by atoms with Crippen LogP contribution in [0.25, 0.3) is 0 Å². The summed E-state index contributed by atoms with van der Waals surface area (Å²) in [5, 5.41) is 3.29. The Morgan fingerprint density at radius 1 is 1.24 bits per heavy atom. The molecule has 0 fully saturated rings. The summed E-state index contributed by atoms with van der Waals surface area (Å²) in [6, 6.07) is 6.98. The van der Waals surface area contributed by atoms with Gasteiger partial charge in [0.1, 0.15) is 0 Å². The van der Waals surface area contributed by atoms with E-state index in [1.165, 1.54) is 0 Å². The average molecular weight is 256 g/mol.